The molecule has 0 atom stereocenters. The zero-order valence-electron chi connectivity index (χ0n) is 14.7. The molecule has 0 amide bonds. The minimum atomic E-state index is 0.797. The van der Waals surface area contributed by atoms with Crippen LogP contribution in [0.4, 0.5) is 0 Å². The number of para-hydroxylation sites is 1. The second kappa shape index (κ2) is 12.8. The van der Waals surface area contributed by atoms with Crippen LogP contribution in [0.15, 0.2) is 29.3 Å². The molecule has 23 heavy (non-hydrogen) atoms. The third-order valence-electron chi connectivity index (χ3n) is 3.50. The summed E-state index contributed by atoms with van der Waals surface area (Å²) in [5.41, 5.74) is 1.20. The Labute approximate surface area is 140 Å². The Kier molecular flexibility index (Phi) is 10.7. The van der Waals surface area contributed by atoms with Crippen LogP contribution in [0, 0.1) is 0 Å². The average Bonchev–Trinajstić information content (AvgIpc) is 2.59. The summed E-state index contributed by atoms with van der Waals surface area (Å²) in [6, 6.07) is 8.09. The van der Waals surface area contributed by atoms with Crippen molar-refractivity contribution >= 4 is 5.96 Å². The van der Waals surface area contributed by atoms with Gasteiger partial charge in [-0.25, -0.2) is 0 Å². The van der Waals surface area contributed by atoms with Gasteiger partial charge in [-0.15, -0.1) is 0 Å². The van der Waals surface area contributed by atoms with Gasteiger partial charge in [0.2, 0.25) is 0 Å². The van der Waals surface area contributed by atoms with E-state index >= 15 is 0 Å². The second-order valence-corrected chi connectivity index (χ2v) is 5.31. The van der Waals surface area contributed by atoms with E-state index in [0.717, 1.165) is 57.3 Å². The minimum absolute atomic E-state index is 0.797. The summed E-state index contributed by atoms with van der Waals surface area (Å²) in [4.78, 5) is 4.23. The van der Waals surface area contributed by atoms with Gasteiger partial charge in [0, 0.05) is 33.4 Å². The fourth-order valence-electron chi connectivity index (χ4n) is 2.18. The lowest BCUT2D eigenvalue weighted by Gasteiger charge is -2.13. The molecule has 0 aliphatic rings. The van der Waals surface area contributed by atoms with Crippen molar-refractivity contribution in [2.24, 2.45) is 4.99 Å². The van der Waals surface area contributed by atoms with Crippen molar-refractivity contribution in [2.75, 3.05) is 40.5 Å². The zero-order chi connectivity index (χ0) is 16.8. The summed E-state index contributed by atoms with van der Waals surface area (Å²) < 4.78 is 10.9. The molecule has 0 fully saturated rings. The minimum Gasteiger partial charge on any atom is -0.496 e. The number of rotatable bonds is 11. The molecule has 0 radical (unpaired) electrons. The average molecular weight is 321 g/mol. The molecular formula is C18H31N3O2. The van der Waals surface area contributed by atoms with Gasteiger partial charge in [-0.1, -0.05) is 31.5 Å². The van der Waals surface area contributed by atoms with E-state index in [1.54, 1.807) is 14.2 Å². The van der Waals surface area contributed by atoms with Gasteiger partial charge < -0.3 is 20.1 Å². The Balaban J connectivity index is 2.17. The Morgan fingerprint density at radius 3 is 2.57 bits per heavy atom. The maximum Gasteiger partial charge on any atom is 0.190 e. The first kappa shape index (κ1) is 19.3. The highest BCUT2D eigenvalue weighted by Crippen LogP contribution is 2.17. The molecule has 0 aromatic heterocycles. The molecule has 0 saturated carbocycles. The summed E-state index contributed by atoms with van der Waals surface area (Å²) in [5.74, 6) is 1.76. The Hall–Kier alpha value is -1.75. The predicted octanol–water partition coefficient (Wildman–Crippen LogP) is 2.61. The summed E-state index contributed by atoms with van der Waals surface area (Å²) in [7, 11) is 3.49. The molecule has 2 N–H and O–H groups in total. The number of aliphatic imine (C=N–C) groups is 1. The van der Waals surface area contributed by atoms with E-state index in [9.17, 15) is 0 Å². The van der Waals surface area contributed by atoms with E-state index in [1.165, 1.54) is 12.0 Å². The first-order chi connectivity index (χ1) is 11.3. The quantitative estimate of drug-likeness (QED) is 0.374. The third kappa shape index (κ3) is 8.45. The highest BCUT2D eigenvalue weighted by Gasteiger charge is 2.02. The van der Waals surface area contributed by atoms with Gasteiger partial charge in [-0.05, 0) is 30.9 Å². The van der Waals surface area contributed by atoms with Crippen LogP contribution in [0.1, 0.15) is 31.7 Å². The van der Waals surface area contributed by atoms with E-state index in [0.29, 0.717) is 0 Å². The first-order valence-corrected chi connectivity index (χ1v) is 8.46. The highest BCUT2D eigenvalue weighted by molar-refractivity contribution is 5.79. The SMILES string of the molecule is CCCCOCCCNC(=NC)NCCc1ccccc1OC. The van der Waals surface area contributed by atoms with Gasteiger partial charge in [0.1, 0.15) is 5.75 Å². The van der Waals surface area contributed by atoms with Crippen LogP contribution in [-0.2, 0) is 11.2 Å². The number of nitrogens with one attached hydrogen (secondary N) is 2. The summed E-state index contributed by atoms with van der Waals surface area (Å²) in [5, 5.41) is 6.63. The van der Waals surface area contributed by atoms with Gasteiger partial charge in [-0.2, -0.15) is 0 Å². The van der Waals surface area contributed by atoms with Crippen LogP contribution in [0.3, 0.4) is 0 Å². The van der Waals surface area contributed by atoms with Gasteiger partial charge in [0.05, 0.1) is 7.11 Å². The lowest BCUT2D eigenvalue weighted by atomic mass is 10.1. The van der Waals surface area contributed by atoms with Crippen molar-refractivity contribution in [2.45, 2.75) is 32.6 Å². The highest BCUT2D eigenvalue weighted by atomic mass is 16.5. The fraction of sp³-hybridized carbons (Fsp3) is 0.611. The van der Waals surface area contributed by atoms with Gasteiger partial charge in [0.25, 0.3) is 0 Å². The molecule has 0 spiro atoms. The van der Waals surface area contributed by atoms with E-state index in [1.807, 2.05) is 18.2 Å². The lowest BCUT2D eigenvalue weighted by molar-refractivity contribution is 0.129. The van der Waals surface area contributed by atoms with Crippen LogP contribution in [0.5, 0.6) is 5.75 Å². The van der Waals surface area contributed by atoms with E-state index in [-0.39, 0.29) is 0 Å². The third-order valence-corrected chi connectivity index (χ3v) is 3.50. The normalized spacial score (nSPS) is 11.3. The van der Waals surface area contributed by atoms with E-state index in [2.05, 4.69) is 28.6 Å². The van der Waals surface area contributed by atoms with E-state index < -0.39 is 0 Å². The van der Waals surface area contributed by atoms with Crippen LogP contribution in [0.2, 0.25) is 0 Å². The number of ether oxygens (including phenoxy) is 2. The molecule has 0 heterocycles. The molecule has 1 rings (SSSR count). The summed E-state index contributed by atoms with van der Waals surface area (Å²) in [6.45, 7) is 5.51. The standard InChI is InChI=1S/C18H31N3O2/c1-4-5-14-23-15-8-12-20-18(19-2)21-13-11-16-9-6-7-10-17(16)22-3/h6-7,9-10H,4-5,8,11-15H2,1-3H3,(H2,19,20,21). The van der Waals surface area contributed by atoms with E-state index in [4.69, 9.17) is 9.47 Å². The number of hydrogen-bond acceptors (Lipinski definition) is 3. The van der Waals surface area contributed by atoms with Crippen molar-refractivity contribution in [3.8, 4) is 5.75 Å². The van der Waals surface area contributed by atoms with Crippen LogP contribution in [0.25, 0.3) is 0 Å². The molecule has 0 aliphatic carbocycles. The molecule has 1 aromatic carbocycles. The molecule has 0 unspecified atom stereocenters. The largest absolute Gasteiger partial charge is 0.496 e. The van der Waals surface area contributed by atoms with Crippen molar-refractivity contribution < 1.29 is 9.47 Å². The number of methoxy groups -OCH3 is 1. The second-order valence-electron chi connectivity index (χ2n) is 5.31. The Bertz CT molecular complexity index is 450. The van der Waals surface area contributed by atoms with Gasteiger partial charge >= 0.3 is 0 Å². The Morgan fingerprint density at radius 2 is 1.83 bits per heavy atom. The molecule has 0 aliphatic heterocycles. The number of nitrogens with zero attached hydrogens (tertiary/aromatic N) is 1. The van der Waals surface area contributed by atoms with Crippen LogP contribution in [-0.4, -0.2) is 46.4 Å². The van der Waals surface area contributed by atoms with Crippen molar-refractivity contribution in [1.29, 1.82) is 0 Å². The first-order valence-electron chi connectivity index (χ1n) is 8.46. The molecule has 130 valence electrons. The van der Waals surface area contributed by atoms with Gasteiger partial charge in [0.15, 0.2) is 5.96 Å². The number of benzene rings is 1. The maximum absolute atomic E-state index is 5.54. The molecule has 1 aromatic rings. The van der Waals surface area contributed by atoms with Crippen molar-refractivity contribution in [1.82, 2.24) is 10.6 Å². The molecule has 0 bridgehead atoms. The molecular weight excluding hydrogens is 290 g/mol. The molecule has 5 nitrogen and oxygen atoms in total. The number of unbranched alkanes of at least 4 members (excludes halogenated alkanes) is 1. The fourth-order valence-corrected chi connectivity index (χ4v) is 2.18. The predicted molar refractivity (Wildman–Crippen MR) is 96.4 cm³/mol. The monoisotopic (exact) mass is 321 g/mol. The smallest absolute Gasteiger partial charge is 0.190 e. The molecule has 0 saturated heterocycles. The maximum atomic E-state index is 5.54. The number of guanidine groups is 1. The number of hydrogen-bond donors (Lipinski definition) is 2. The summed E-state index contributed by atoms with van der Waals surface area (Å²) >= 11 is 0. The van der Waals surface area contributed by atoms with Crippen molar-refractivity contribution in [3.05, 3.63) is 29.8 Å². The van der Waals surface area contributed by atoms with Crippen LogP contribution < -0.4 is 15.4 Å². The van der Waals surface area contributed by atoms with Crippen LogP contribution >= 0.6 is 0 Å². The lowest BCUT2D eigenvalue weighted by Crippen LogP contribution is -2.39. The Morgan fingerprint density at radius 1 is 1.09 bits per heavy atom. The van der Waals surface area contributed by atoms with Gasteiger partial charge in [-0.3, -0.25) is 4.99 Å². The molecule has 5 heteroatoms. The summed E-state index contributed by atoms with van der Waals surface area (Å²) in [6.07, 6.45) is 4.20. The zero-order valence-corrected chi connectivity index (χ0v) is 14.7. The van der Waals surface area contributed by atoms with Crippen molar-refractivity contribution in [3.63, 3.8) is 0 Å². The topological polar surface area (TPSA) is 54.9 Å².